The number of methoxy groups -OCH3 is 1. The molecule has 2 aromatic carbocycles. The summed E-state index contributed by atoms with van der Waals surface area (Å²) in [6.07, 6.45) is 1.24. The number of carbonyl (C=O) groups is 2. The van der Waals surface area contributed by atoms with Crippen molar-refractivity contribution in [1.29, 1.82) is 0 Å². The van der Waals surface area contributed by atoms with Crippen LogP contribution in [0.2, 0.25) is 0 Å². The Balaban J connectivity index is 1.34. The van der Waals surface area contributed by atoms with Gasteiger partial charge >= 0.3 is 6.03 Å². The molecule has 2 N–H and O–H groups in total. The lowest BCUT2D eigenvalue weighted by Gasteiger charge is -2.17. The lowest BCUT2D eigenvalue weighted by molar-refractivity contribution is -0.128. The number of hydrogen-bond donors (Lipinski definition) is 2. The Morgan fingerprint density at radius 2 is 1.82 bits per heavy atom. The number of rotatable bonds is 8. The number of carbonyl (C=O) groups excluding carboxylic acids is 2. The van der Waals surface area contributed by atoms with Gasteiger partial charge in [-0.1, -0.05) is 42.5 Å². The predicted molar refractivity (Wildman–Crippen MR) is 108 cm³/mol. The van der Waals surface area contributed by atoms with E-state index >= 15 is 0 Å². The predicted octanol–water partition coefficient (Wildman–Crippen LogP) is 2.59. The molecule has 1 saturated heterocycles. The zero-order chi connectivity index (χ0) is 19.8. The molecule has 1 atom stereocenters. The lowest BCUT2D eigenvalue weighted by Crippen LogP contribution is -2.39. The van der Waals surface area contributed by atoms with Crippen molar-refractivity contribution in [2.24, 2.45) is 5.92 Å². The molecule has 6 heteroatoms. The van der Waals surface area contributed by atoms with Crippen LogP contribution in [-0.2, 0) is 17.8 Å². The second-order valence-corrected chi connectivity index (χ2v) is 7.06. The number of nitrogens with one attached hydrogen (secondary N) is 2. The Morgan fingerprint density at radius 3 is 2.54 bits per heavy atom. The maximum absolute atomic E-state index is 12.2. The average molecular weight is 381 g/mol. The van der Waals surface area contributed by atoms with Crippen LogP contribution in [0.25, 0.3) is 0 Å². The van der Waals surface area contributed by atoms with Gasteiger partial charge in [0, 0.05) is 38.5 Å². The Bertz CT molecular complexity index is 777. The smallest absolute Gasteiger partial charge is 0.314 e. The molecule has 3 amide bonds. The Morgan fingerprint density at radius 1 is 1.07 bits per heavy atom. The molecule has 1 aliphatic heterocycles. The maximum atomic E-state index is 12.2. The van der Waals surface area contributed by atoms with Crippen LogP contribution in [0.1, 0.15) is 17.5 Å². The fourth-order valence-corrected chi connectivity index (χ4v) is 3.36. The van der Waals surface area contributed by atoms with Crippen molar-refractivity contribution < 1.29 is 14.3 Å². The first-order valence-electron chi connectivity index (χ1n) is 9.60. The van der Waals surface area contributed by atoms with E-state index in [4.69, 9.17) is 4.74 Å². The number of likely N-dealkylation sites (tertiary alicyclic amines) is 1. The molecule has 3 rings (SSSR count). The van der Waals surface area contributed by atoms with Crippen LogP contribution in [0.15, 0.2) is 54.6 Å². The van der Waals surface area contributed by atoms with Crippen molar-refractivity contribution in [2.45, 2.75) is 19.4 Å². The number of ether oxygens (including phenoxy) is 1. The summed E-state index contributed by atoms with van der Waals surface area (Å²) in [4.78, 5) is 26.1. The van der Waals surface area contributed by atoms with Gasteiger partial charge in [-0.25, -0.2) is 4.79 Å². The minimum absolute atomic E-state index is 0.149. The number of nitrogens with zero attached hydrogens (tertiary/aromatic N) is 1. The minimum atomic E-state index is -0.192. The number of amides is 3. The molecule has 0 aliphatic carbocycles. The molecule has 1 unspecified atom stereocenters. The van der Waals surface area contributed by atoms with E-state index in [2.05, 4.69) is 10.6 Å². The van der Waals surface area contributed by atoms with Gasteiger partial charge in [0.1, 0.15) is 5.75 Å². The zero-order valence-electron chi connectivity index (χ0n) is 16.2. The standard InChI is InChI=1S/C22H27N3O3/c1-28-20-9-7-17(8-10-20)11-12-23-22(27)24-14-19-13-21(26)25(16-19)15-18-5-3-2-4-6-18/h2-10,19H,11-16H2,1H3,(H2,23,24,27). The van der Waals surface area contributed by atoms with E-state index in [1.807, 2.05) is 59.5 Å². The largest absolute Gasteiger partial charge is 0.497 e. The SMILES string of the molecule is COc1ccc(CCNC(=O)NCC2CC(=O)N(Cc3ccccc3)C2)cc1. The summed E-state index contributed by atoms with van der Waals surface area (Å²) in [6, 6.07) is 17.6. The molecule has 1 fully saturated rings. The van der Waals surface area contributed by atoms with Gasteiger partial charge < -0.3 is 20.3 Å². The fraction of sp³-hybridized carbons (Fsp3) is 0.364. The maximum Gasteiger partial charge on any atom is 0.314 e. The fourth-order valence-electron chi connectivity index (χ4n) is 3.36. The van der Waals surface area contributed by atoms with E-state index in [9.17, 15) is 9.59 Å². The molecule has 1 aliphatic rings. The first-order valence-corrected chi connectivity index (χ1v) is 9.60. The van der Waals surface area contributed by atoms with Crippen LogP contribution in [0.3, 0.4) is 0 Å². The lowest BCUT2D eigenvalue weighted by atomic mass is 10.1. The van der Waals surface area contributed by atoms with Gasteiger partial charge in [0.25, 0.3) is 0 Å². The highest BCUT2D eigenvalue weighted by Crippen LogP contribution is 2.19. The van der Waals surface area contributed by atoms with E-state index in [0.29, 0.717) is 32.6 Å². The Kier molecular flexibility index (Phi) is 6.89. The van der Waals surface area contributed by atoms with Crippen molar-refractivity contribution in [1.82, 2.24) is 15.5 Å². The molecule has 2 aromatic rings. The summed E-state index contributed by atoms with van der Waals surface area (Å²) in [5, 5.41) is 5.75. The monoisotopic (exact) mass is 381 g/mol. The van der Waals surface area contributed by atoms with Crippen LogP contribution in [-0.4, -0.2) is 43.6 Å². The molecular formula is C22H27N3O3. The van der Waals surface area contributed by atoms with Crippen molar-refractivity contribution in [3.63, 3.8) is 0 Å². The average Bonchev–Trinajstić information content (AvgIpc) is 3.07. The van der Waals surface area contributed by atoms with Crippen molar-refractivity contribution >= 4 is 11.9 Å². The highest BCUT2D eigenvalue weighted by atomic mass is 16.5. The third-order valence-corrected chi connectivity index (χ3v) is 4.92. The summed E-state index contributed by atoms with van der Waals surface area (Å²) < 4.78 is 5.13. The molecule has 0 spiro atoms. The molecule has 0 radical (unpaired) electrons. The Hall–Kier alpha value is -3.02. The van der Waals surface area contributed by atoms with E-state index < -0.39 is 0 Å². The quantitative estimate of drug-likeness (QED) is 0.738. The van der Waals surface area contributed by atoms with Gasteiger partial charge in [-0.2, -0.15) is 0 Å². The third kappa shape index (κ3) is 5.74. The molecular weight excluding hydrogens is 354 g/mol. The molecule has 0 aromatic heterocycles. The number of urea groups is 1. The summed E-state index contributed by atoms with van der Waals surface area (Å²) in [6.45, 7) is 2.37. The van der Waals surface area contributed by atoms with E-state index in [-0.39, 0.29) is 17.9 Å². The normalized spacial score (nSPS) is 16.1. The summed E-state index contributed by atoms with van der Waals surface area (Å²) in [5.74, 6) is 1.13. The van der Waals surface area contributed by atoms with E-state index in [1.54, 1.807) is 7.11 Å². The number of benzene rings is 2. The van der Waals surface area contributed by atoms with E-state index in [1.165, 1.54) is 0 Å². The molecule has 1 heterocycles. The van der Waals surface area contributed by atoms with Crippen molar-refractivity contribution in [3.05, 3.63) is 65.7 Å². The van der Waals surface area contributed by atoms with Gasteiger partial charge in [0.15, 0.2) is 0 Å². The summed E-state index contributed by atoms with van der Waals surface area (Å²) >= 11 is 0. The van der Waals surface area contributed by atoms with Gasteiger partial charge in [-0.05, 0) is 29.7 Å². The van der Waals surface area contributed by atoms with Crippen LogP contribution in [0.5, 0.6) is 5.75 Å². The molecule has 0 bridgehead atoms. The number of hydrogen-bond acceptors (Lipinski definition) is 3. The molecule has 148 valence electrons. The molecule has 28 heavy (non-hydrogen) atoms. The zero-order valence-corrected chi connectivity index (χ0v) is 16.2. The van der Waals surface area contributed by atoms with Crippen molar-refractivity contribution in [3.8, 4) is 5.75 Å². The van der Waals surface area contributed by atoms with Gasteiger partial charge in [-0.15, -0.1) is 0 Å². The Labute approximate surface area is 165 Å². The van der Waals surface area contributed by atoms with E-state index in [0.717, 1.165) is 23.3 Å². The van der Waals surface area contributed by atoms with Gasteiger partial charge in [0.2, 0.25) is 5.91 Å². The van der Waals surface area contributed by atoms with Gasteiger partial charge in [0.05, 0.1) is 7.11 Å². The third-order valence-electron chi connectivity index (χ3n) is 4.92. The van der Waals surface area contributed by atoms with Crippen molar-refractivity contribution in [2.75, 3.05) is 26.7 Å². The van der Waals surface area contributed by atoms with Crippen LogP contribution in [0.4, 0.5) is 4.79 Å². The second kappa shape index (κ2) is 9.78. The molecule has 6 nitrogen and oxygen atoms in total. The first-order chi connectivity index (χ1) is 13.6. The molecule has 0 saturated carbocycles. The highest BCUT2D eigenvalue weighted by Gasteiger charge is 2.29. The first kappa shape index (κ1) is 19.7. The topological polar surface area (TPSA) is 70.7 Å². The van der Waals surface area contributed by atoms with Crippen LogP contribution >= 0.6 is 0 Å². The second-order valence-electron chi connectivity index (χ2n) is 7.06. The summed E-state index contributed by atoms with van der Waals surface area (Å²) in [7, 11) is 1.64. The minimum Gasteiger partial charge on any atom is -0.497 e. The van der Waals surface area contributed by atoms with Crippen LogP contribution in [0, 0.1) is 5.92 Å². The highest BCUT2D eigenvalue weighted by molar-refractivity contribution is 5.79. The van der Waals surface area contributed by atoms with Crippen LogP contribution < -0.4 is 15.4 Å². The summed E-state index contributed by atoms with van der Waals surface area (Å²) in [5.41, 5.74) is 2.26. The van der Waals surface area contributed by atoms with Gasteiger partial charge in [-0.3, -0.25) is 4.79 Å².